The van der Waals surface area contributed by atoms with Gasteiger partial charge in [-0.1, -0.05) is 158 Å². The normalized spacial score (nSPS) is 11.8. The summed E-state index contributed by atoms with van der Waals surface area (Å²) in [7, 11) is 0. The Bertz CT molecular complexity index is 2920. The molecule has 0 saturated carbocycles. The maximum absolute atomic E-state index is 6.47. The van der Waals surface area contributed by atoms with E-state index in [4.69, 9.17) is 4.42 Å². The van der Waals surface area contributed by atoms with E-state index in [-0.39, 0.29) is 0 Å². The predicted octanol–water partition coefficient (Wildman–Crippen LogP) is 14.9. The van der Waals surface area contributed by atoms with Crippen molar-refractivity contribution in [3.05, 3.63) is 182 Å². The molecule has 0 aliphatic rings. The second-order valence-corrected chi connectivity index (χ2v) is 14.6. The SMILES string of the molecule is c1cc(-c2c3ccccc3c(-c3cccc(-c4cccc5c4sc4ccccc45)c3)c3ccccc23)cc(-c2cccc3c2oc2ccccc23)c1. The van der Waals surface area contributed by atoms with Gasteiger partial charge in [0.05, 0.1) is 0 Å². The molecule has 0 atom stereocenters. The summed E-state index contributed by atoms with van der Waals surface area (Å²) in [6.07, 6.45) is 0. The van der Waals surface area contributed by atoms with Crippen molar-refractivity contribution in [2.24, 2.45) is 0 Å². The molecule has 1 nitrogen and oxygen atoms in total. The fourth-order valence-electron chi connectivity index (χ4n) is 8.38. The highest BCUT2D eigenvalue weighted by atomic mass is 32.1. The van der Waals surface area contributed by atoms with Gasteiger partial charge in [0.1, 0.15) is 11.2 Å². The van der Waals surface area contributed by atoms with Crippen molar-refractivity contribution in [2.45, 2.75) is 0 Å². The van der Waals surface area contributed by atoms with Gasteiger partial charge in [-0.3, -0.25) is 0 Å². The second-order valence-electron chi connectivity index (χ2n) is 13.6. The zero-order chi connectivity index (χ0) is 34.2. The van der Waals surface area contributed by atoms with Crippen molar-refractivity contribution in [1.29, 1.82) is 0 Å². The van der Waals surface area contributed by atoms with E-state index in [0.29, 0.717) is 0 Å². The zero-order valence-electron chi connectivity index (χ0n) is 28.1. The zero-order valence-corrected chi connectivity index (χ0v) is 29.0. The van der Waals surface area contributed by atoms with Gasteiger partial charge in [0.15, 0.2) is 0 Å². The highest BCUT2D eigenvalue weighted by Crippen LogP contribution is 2.46. The number of benzene rings is 9. The summed E-state index contributed by atoms with van der Waals surface area (Å²) in [6.45, 7) is 0. The monoisotopic (exact) mass is 678 g/mol. The van der Waals surface area contributed by atoms with Crippen molar-refractivity contribution in [3.63, 3.8) is 0 Å². The Labute approximate surface area is 304 Å². The van der Waals surface area contributed by atoms with E-state index < -0.39 is 0 Å². The number of rotatable bonds is 4. The van der Waals surface area contributed by atoms with Crippen LogP contribution in [0.3, 0.4) is 0 Å². The topological polar surface area (TPSA) is 13.1 Å². The third-order valence-corrected chi connectivity index (χ3v) is 11.9. The molecule has 52 heavy (non-hydrogen) atoms. The van der Waals surface area contributed by atoms with E-state index in [2.05, 4.69) is 176 Å². The van der Waals surface area contributed by atoms with Crippen molar-refractivity contribution >= 4 is 75.0 Å². The van der Waals surface area contributed by atoms with E-state index in [9.17, 15) is 0 Å². The van der Waals surface area contributed by atoms with Crippen LogP contribution in [0.1, 0.15) is 0 Å². The molecule has 0 fully saturated rings. The average Bonchev–Trinajstić information content (AvgIpc) is 3.79. The van der Waals surface area contributed by atoms with Crippen molar-refractivity contribution in [1.82, 2.24) is 0 Å². The maximum Gasteiger partial charge on any atom is 0.143 e. The average molecular weight is 679 g/mol. The fraction of sp³-hybridized carbons (Fsp3) is 0. The van der Waals surface area contributed by atoms with E-state index >= 15 is 0 Å². The van der Waals surface area contributed by atoms with Crippen molar-refractivity contribution in [3.8, 4) is 44.5 Å². The predicted molar refractivity (Wildman–Crippen MR) is 223 cm³/mol. The van der Waals surface area contributed by atoms with Gasteiger partial charge < -0.3 is 4.42 Å². The van der Waals surface area contributed by atoms with Crippen molar-refractivity contribution < 1.29 is 4.42 Å². The first-order valence-electron chi connectivity index (χ1n) is 17.8. The van der Waals surface area contributed by atoms with Gasteiger partial charge in [0.25, 0.3) is 0 Å². The number of para-hydroxylation sites is 2. The number of furan rings is 1. The van der Waals surface area contributed by atoms with Crippen LogP contribution in [-0.2, 0) is 0 Å². The summed E-state index contributed by atoms with van der Waals surface area (Å²) in [5, 5.41) is 9.92. The molecule has 0 bridgehead atoms. The van der Waals surface area contributed by atoms with Crippen LogP contribution in [0.2, 0.25) is 0 Å². The van der Waals surface area contributed by atoms with E-state index in [0.717, 1.165) is 33.1 Å². The molecule has 11 rings (SSSR count). The van der Waals surface area contributed by atoms with Gasteiger partial charge in [-0.2, -0.15) is 0 Å². The molecule has 0 unspecified atom stereocenters. The Balaban J connectivity index is 1.12. The van der Waals surface area contributed by atoms with E-state index in [1.807, 2.05) is 17.4 Å². The van der Waals surface area contributed by atoms with E-state index in [1.165, 1.54) is 75.1 Å². The smallest absolute Gasteiger partial charge is 0.143 e. The molecule has 2 heterocycles. The molecule has 11 aromatic rings. The number of hydrogen-bond donors (Lipinski definition) is 0. The quantitative estimate of drug-likeness (QED) is 0.169. The third kappa shape index (κ3) is 4.41. The lowest BCUT2D eigenvalue weighted by Crippen LogP contribution is -1.91. The Kier molecular flexibility index (Phi) is 6.49. The summed E-state index contributed by atoms with van der Waals surface area (Å²) in [6, 6.07) is 66.2. The van der Waals surface area contributed by atoms with Gasteiger partial charge >= 0.3 is 0 Å². The summed E-state index contributed by atoms with van der Waals surface area (Å²) in [5.74, 6) is 0. The molecule has 9 aromatic carbocycles. The summed E-state index contributed by atoms with van der Waals surface area (Å²) < 4.78 is 9.13. The minimum atomic E-state index is 0.915. The fourth-order valence-corrected chi connectivity index (χ4v) is 9.62. The first-order valence-corrected chi connectivity index (χ1v) is 18.6. The van der Waals surface area contributed by atoms with Crippen LogP contribution >= 0.6 is 11.3 Å². The lowest BCUT2D eigenvalue weighted by Gasteiger charge is -2.18. The Morgan fingerprint density at radius 3 is 1.44 bits per heavy atom. The summed E-state index contributed by atoms with van der Waals surface area (Å²) in [5.41, 5.74) is 11.5. The van der Waals surface area contributed by atoms with Crippen molar-refractivity contribution in [2.75, 3.05) is 0 Å². The minimum absolute atomic E-state index is 0.915. The molecule has 0 saturated heterocycles. The van der Waals surface area contributed by atoms with Crippen LogP contribution in [0.5, 0.6) is 0 Å². The van der Waals surface area contributed by atoms with Crippen LogP contribution in [0.25, 0.3) is 108 Å². The lowest BCUT2D eigenvalue weighted by molar-refractivity contribution is 0.670. The lowest BCUT2D eigenvalue weighted by atomic mass is 9.85. The number of fused-ring (bicyclic) bond motifs is 8. The molecule has 0 amide bonds. The molecule has 0 aliphatic carbocycles. The Morgan fingerprint density at radius 2 is 0.788 bits per heavy atom. The van der Waals surface area contributed by atoms with Crippen LogP contribution in [-0.4, -0.2) is 0 Å². The number of hydrogen-bond acceptors (Lipinski definition) is 2. The van der Waals surface area contributed by atoms with Gasteiger partial charge in [-0.25, -0.2) is 0 Å². The van der Waals surface area contributed by atoms with Crippen LogP contribution < -0.4 is 0 Å². The van der Waals surface area contributed by atoms with Gasteiger partial charge in [-0.05, 0) is 84.8 Å². The number of thiophene rings is 1. The Morgan fingerprint density at radius 1 is 0.327 bits per heavy atom. The third-order valence-electron chi connectivity index (χ3n) is 10.7. The maximum atomic E-state index is 6.47. The summed E-state index contributed by atoms with van der Waals surface area (Å²) in [4.78, 5) is 0. The summed E-state index contributed by atoms with van der Waals surface area (Å²) >= 11 is 1.88. The minimum Gasteiger partial charge on any atom is -0.455 e. The molecular weight excluding hydrogens is 649 g/mol. The first kappa shape index (κ1) is 29.3. The molecule has 0 spiro atoms. The molecule has 2 aromatic heterocycles. The van der Waals surface area contributed by atoms with Gasteiger partial charge in [-0.15, -0.1) is 11.3 Å². The van der Waals surface area contributed by atoms with Crippen LogP contribution in [0.15, 0.2) is 186 Å². The first-order chi connectivity index (χ1) is 25.8. The van der Waals surface area contributed by atoms with Gasteiger partial charge in [0.2, 0.25) is 0 Å². The Hall–Kier alpha value is -6.48. The molecule has 0 aliphatic heterocycles. The molecule has 0 radical (unpaired) electrons. The molecule has 2 heteroatoms. The van der Waals surface area contributed by atoms with E-state index in [1.54, 1.807) is 0 Å². The second kappa shape index (κ2) is 11.5. The standard InChI is InChI=1S/C50H30OS/c1-3-21-41-39(19-1)47(33-15-9-13-31(29-33)35-23-11-25-43-37-17-5-7-27-45(37)51-49(35)43)40-20-2-4-22-42(40)48(41)34-16-10-14-32(30-34)36-24-12-26-44-38-18-6-8-28-46(38)52-50(36)44/h1-30H. The van der Waals surface area contributed by atoms with Gasteiger partial charge in [0, 0.05) is 36.5 Å². The molecule has 0 N–H and O–H groups in total. The molecular formula is C50H30OS. The molecule has 242 valence electrons. The van der Waals surface area contributed by atoms with Crippen LogP contribution in [0.4, 0.5) is 0 Å². The largest absolute Gasteiger partial charge is 0.455 e. The highest BCUT2D eigenvalue weighted by Gasteiger charge is 2.19. The van der Waals surface area contributed by atoms with Crippen LogP contribution in [0, 0.1) is 0 Å². The highest BCUT2D eigenvalue weighted by molar-refractivity contribution is 7.26.